The molecule has 5 nitrogen and oxygen atoms in total. The van der Waals surface area contributed by atoms with Crippen LogP contribution < -0.4 is 0 Å². The number of aromatic nitrogens is 3. The number of para-hydroxylation sites is 3. The second-order valence-electron chi connectivity index (χ2n) is 17.9. The molecule has 0 bridgehead atoms. The number of nitrogens with zero attached hydrogens (tertiary/aromatic N) is 3. The van der Waals surface area contributed by atoms with Crippen molar-refractivity contribution in [1.82, 2.24) is 14.5 Å². The molecule has 13 aromatic rings. The zero-order chi connectivity index (χ0) is 45.2. The van der Waals surface area contributed by atoms with Crippen LogP contribution in [-0.2, 0) is 20.1 Å². The Balaban J connectivity index is 0.000000161. The van der Waals surface area contributed by atoms with Crippen LogP contribution in [0, 0.1) is 12.1 Å². The smallest absolute Gasteiger partial charge is 0.139 e. The first kappa shape index (κ1) is 43.0. The second-order valence-corrected chi connectivity index (χ2v) is 17.9. The normalized spacial score (nSPS) is 11.7. The number of rotatable bonds is 6. The van der Waals surface area contributed by atoms with E-state index in [1.54, 1.807) is 6.20 Å². The first-order valence-corrected chi connectivity index (χ1v) is 23.0. The van der Waals surface area contributed by atoms with Crippen LogP contribution in [0.3, 0.4) is 0 Å². The first-order valence-electron chi connectivity index (χ1n) is 23.0. The molecule has 0 N–H and O–H groups in total. The minimum absolute atomic E-state index is 0. The van der Waals surface area contributed by atoms with E-state index in [2.05, 4.69) is 177 Å². The first-order chi connectivity index (χ1) is 32.9. The van der Waals surface area contributed by atoms with Gasteiger partial charge in [0.15, 0.2) is 0 Å². The third-order valence-corrected chi connectivity index (χ3v) is 13.1. The Morgan fingerprint density at radius 1 is 0.529 bits per heavy atom. The molecule has 4 heterocycles. The SMILES string of the molecule is CC(C)c1cc(-c2ccccc2)cc(C(C)C)c1-n1c(-c2[c-]cc3c(ccc4ccccc43)c2)nc2ccccc21.[Ir].[c-]1ccc2c(oc3c2ccc2oc4ccccc4c23)c1-c1ccccn1. The fraction of sp³-hybridized carbons (Fsp3) is 0.0968. The van der Waals surface area contributed by atoms with Gasteiger partial charge in [-0.2, -0.15) is 0 Å². The van der Waals surface area contributed by atoms with E-state index in [-0.39, 0.29) is 20.1 Å². The van der Waals surface area contributed by atoms with E-state index in [1.165, 1.54) is 49.5 Å². The molecule has 0 amide bonds. The number of fused-ring (bicyclic) bond motifs is 11. The summed E-state index contributed by atoms with van der Waals surface area (Å²) in [6.45, 7) is 9.18. The molecule has 0 fully saturated rings. The predicted molar refractivity (Wildman–Crippen MR) is 277 cm³/mol. The summed E-state index contributed by atoms with van der Waals surface area (Å²) in [4.78, 5) is 9.70. The van der Waals surface area contributed by atoms with Crippen molar-refractivity contribution in [3.8, 4) is 39.5 Å². The maximum absolute atomic E-state index is 6.39. The van der Waals surface area contributed by atoms with E-state index in [0.29, 0.717) is 11.8 Å². The van der Waals surface area contributed by atoms with Gasteiger partial charge >= 0.3 is 0 Å². The van der Waals surface area contributed by atoms with Crippen LogP contribution in [0.15, 0.2) is 197 Å². The average Bonchev–Trinajstić information content (AvgIpc) is 4.08. The molecular formula is C62H45IrN3O2-2. The largest absolute Gasteiger partial charge is 0.500 e. The summed E-state index contributed by atoms with van der Waals surface area (Å²) in [5, 5.41) is 9.13. The van der Waals surface area contributed by atoms with Crippen molar-refractivity contribution in [1.29, 1.82) is 0 Å². The van der Waals surface area contributed by atoms with Gasteiger partial charge in [0.25, 0.3) is 0 Å². The Bertz CT molecular complexity index is 3970. The summed E-state index contributed by atoms with van der Waals surface area (Å²) < 4.78 is 14.8. The fourth-order valence-electron chi connectivity index (χ4n) is 9.83. The fourth-order valence-corrected chi connectivity index (χ4v) is 9.83. The van der Waals surface area contributed by atoms with E-state index < -0.39 is 0 Å². The Hall–Kier alpha value is -7.63. The predicted octanol–water partition coefficient (Wildman–Crippen LogP) is 17.1. The molecule has 4 aromatic heterocycles. The van der Waals surface area contributed by atoms with Gasteiger partial charge < -0.3 is 18.4 Å². The summed E-state index contributed by atoms with van der Waals surface area (Å²) in [5.74, 6) is 1.58. The van der Waals surface area contributed by atoms with Gasteiger partial charge in [-0.1, -0.05) is 159 Å². The van der Waals surface area contributed by atoms with Gasteiger partial charge in [-0.3, -0.25) is 4.98 Å². The maximum Gasteiger partial charge on any atom is 0.139 e. The zero-order valence-electron chi connectivity index (χ0n) is 38.0. The Morgan fingerprint density at radius 3 is 2.03 bits per heavy atom. The van der Waals surface area contributed by atoms with E-state index in [4.69, 9.17) is 13.8 Å². The minimum Gasteiger partial charge on any atom is -0.500 e. The summed E-state index contributed by atoms with van der Waals surface area (Å²) >= 11 is 0. The topological polar surface area (TPSA) is 57.0 Å². The van der Waals surface area contributed by atoms with Gasteiger partial charge in [0.2, 0.25) is 0 Å². The van der Waals surface area contributed by atoms with Gasteiger partial charge in [0.05, 0.1) is 27.8 Å². The summed E-state index contributed by atoms with van der Waals surface area (Å²) in [6.07, 6.45) is 1.78. The summed E-state index contributed by atoms with van der Waals surface area (Å²) in [5.41, 5.74) is 14.6. The van der Waals surface area contributed by atoms with Crippen molar-refractivity contribution in [2.75, 3.05) is 0 Å². The van der Waals surface area contributed by atoms with Gasteiger partial charge in [-0.15, -0.1) is 47.3 Å². The summed E-state index contributed by atoms with van der Waals surface area (Å²) in [7, 11) is 0. The molecule has 0 saturated heterocycles. The van der Waals surface area contributed by atoms with Gasteiger partial charge in [-0.25, -0.2) is 0 Å². The van der Waals surface area contributed by atoms with E-state index in [1.807, 2.05) is 54.6 Å². The van der Waals surface area contributed by atoms with E-state index in [0.717, 1.165) is 77.6 Å². The quantitative estimate of drug-likeness (QED) is 0.123. The van der Waals surface area contributed by atoms with E-state index in [9.17, 15) is 0 Å². The molecule has 0 spiro atoms. The van der Waals surface area contributed by atoms with Crippen LogP contribution in [0.4, 0.5) is 0 Å². The number of benzene rings is 9. The molecule has 331 valence electrons. The molecule has 1 radical (unpaired) electrons. The molecule has 0 aliphatic carbocycles. The average molecular weight is 1060 g/mol. The molecule has 6 heteroatoms. The number of hydrogen-bond donors (Lipinski definition) is 0. The van der Waals surface area contributed by atoms with Crippen LogP contribution >= 0.6 is 0 Å². The number of pyridine rings is 1. The van der Waals surface area contributed by atoms with Crippen molar-refractivity contribution in [3.05, 3.63) is 211 Å². The van der Waals surface area contributed by atoms with Crippen molar-refractivity contribution < 1.29 is 28.9 Å². The maximum atomic E-state index is 6.39. The van der Waals surface area contributed by atoms with Crippen molar-refractivity contribution in [2.45, 2.75) is 39.5 Å². The molecule has 0 unspecified atom stereocenters. The monoisotopic (exact) mass is 1060 g/mol. The van der Waals surface area contributed by atoms with Crippen molar-refractivity contribution in [2.24, 2.45) is 0 Å². The molecule has 0 aliphatic heterocycles. The van der Waals surface area contributed by atoms with Crippen LogP contribution in [-0.4, -0.2) is 14.5 Å². The standard InChI is InChI=1S/C39H33N2.C23H12NO2.Ir/c1-25(2)34-23-31(27-12-6-5-7-13-27)24-35(26(3)4)38(34)41-37-17-11-10-16-36(37)40-39(41)30-20-21-33-29(22-30)19-18-28-14-8-9-15-32(28)33;1-2-10-19-17(6-1)21-20(25-19)12-11-15-14-7-5-8-16(22(14)26-23(15)21)18-9-3-4-13-24-18;/h5-19,21-26H,1-4H3;1-7,9-13H;/q2*-1;. The summed E-state index contributed by atoms with van der Waals surface area (Å²) in [6, 6.07) is 70.3. The molecule has 0 aliphatic rings. The number of furan rings is 2. The number of imidazole rings is 1. The van der Waals surface area contributed by atoms with Crippen LogP contribution in [0.1, 0.15) is 50.7 Å². The zero-order valence-corrected chi connectivity index (χ0v) is 40.4. The number of hydrogen-bond acceptors (Lipinski definition) is 4. The molecule has 13 rings (SSSR count). The third-order valence-electron chi connectivity index (χ3n) is 13.1. The molecule has 0 atom stereocenters. The van der Waals surface area contributed by atoms with Gasteiger partial charge in [-0.05, 0) is 93.7 Å². The van der Waals surface area contributed by atoms with Gasteiger partial charge in [0.1, 0.15) is 16.7 Å². The third kappa shape index (κ3) is 7.29. The Kier molecular flexibility index (Phi) is 11.1. The van der Waals surface area contributed by atoms with Crippen LogP contribution in [0.25, 0.3) is 116 Å². The second kappa shape index (κ2) is 17.5. The Labute approximate surface area is 408 Å². The molecule has 0 saturated carbocycles. The van der Waals surface area contributed by atoms with Gasteiger partial charge in [0, 0.05) is 42.8 Å². The van der Waals surface area contributed by atoms with E-state index >= 15 is 0 Å². The van der Waals surface area contributed by atoms with Crippen molar-refractivity contribution in [3.63, 3.8) is 0 Å². The molecule has 68 heavy (non-hydrogen) atoms. The Morgan fingerprint density at radius 2 is 1.24 bits per heavy atom. The molecule has 9 aromatic carbocycles. The van der Waals surface area contributed by atoms with Crippen molar-refractivity contribution >= 4 is 76.5 Å². The molecular weight excluding hydrogens is 1010 g/mol. The van der Waals surface area contributed by atoms with Crippen LogP contribution in [0.5, 0.6) is 0 Å². The minimum atomic E-state index is 0. The van der Waals surface area contributed by atoms with Crippen LogP contribution in [0.2, 0.25) is 0 Å².